The molecule has 0 amide bonds. The smallest absolute Gasteiger partial charge is 0.310 e. The molecule has 0 aliphatic carbocycles. The van der Waals surface area contributed by atoms with Gasteiger partial charge in [-0.05, 0) is 73.5 Å². The van der Waals surface area contributed by atoms with Gasteiger partial charge in [0.1, 0.15) is 8.42 Å². The lowest BCUT2D eigenvalue weighted by atomic mass is 10.0. The van der Waals surface area contributed by atoms with Gasteiger partial charge in [-0.2, -0.15) is 9.13 Å². The number of esters is 2. The summed E-state index contributed by atoms with van der Waals surface area (Å²) in [5.41, 5.74) is 6.05. The van der Waals surface area contributed by atoms with Gasteiger partial charge in [0.2, 0.25) is 22.9 Å². The van der Waals surface area contributed by atoms with Crippen LogP contribution < -0.4 is 57.1 Å². The third-order valence-electron chi connectivity index (χ3n) is 9.56. The Kier molecular flexibility index (Phi) is 20.3. The van der Waals surface area contributed by atoms with Crippen molar-refractivity contribution in [3.8, 4) is 11.4 Å². The van der Waals surface area contributed by atoms with Crippen molar-refractivity contribution in [2.24, 2.45) is 0 Å². The van der Waals surface area contributed by atoms with Crippen molar-refractivity contribution < 1.29 is 85.7 Å². The molecule has 0 fully saturated rings. The summed E-state index contributed by atoms with van der Waals surface area (Å²) in [5, 5.41) is 0. The third kappa shape index (κ3) is 12.8. The lowest BCUT2D eigenvalue weighted by molar-refractivity contribution is -0.598. The molecule has 4 aromatic heterocycles. The van der Waals surface area contributed by atoms with Crippen LogP contribution in [0.4, 0.5) is 0 Å². The number of ketones is 2. The topological polar surface area (TPSA) is 94.5 Å². The van der Waals surface area contributed by atoms with Crippen LogP contribution in [-0.2, 0) is 43.4 Å². The van der Waals surface area contributed by atoms with Gasteiger partial charge < -0.3 is 57.4 Å². The van der Waals surface area contributed by atoms with Gasteiger partial charge in [-0.3, -0.25) is 19.2 Å². The summed E-state index contributed by atoms with van der Waals surface area (Å²) < 4.78 is 18.3. The molecule has 64 heavy (non-hydrogen) atoms. The van der Waals surface area contributed by atoms with E-state index in [1.54, 1.807) is 61.6 Å². The molecular weight excluding hydrogens is 1240 g/mol. The van der Waals surface area contributed by atoms with E-state index in [2.05, 4.69) is 44.0 Å². The molecular formula is C48H40Br2I2N2O6S4. The van der Waals surface area contributed by atoms with Crippen molar-refractivity contribution in [3.63, 3.8) is 0 Å². The van der Waals surface area contributed by atoms with Crippen LogP contribution in [0.2, 0.25) is 0 Å². The normalized spacial score (nSPS) is 10.7. The monoisotopic (exact) mass is 1280 g/mol. The second-order valence-electron chi connectivity index (χ2n) is 13.6. The first-order chi connectivity index (χ1) is 30.1. The maximum Gasteiger partial charge on any atom is 0.310 e. The number of pyridine rings is 2. The number of carbonyl (C=O) groups is 4. The number of benzene rings is 3. The van der Waals surface area contributed by atoms with Crippen LogP contribution in [0.25, 0.3) is 11.4 Å². The highest BCUT2D eigenvalue weighted by atomic mass is 127. The fourth-order valence-electron chi connectivity index (χ4n) is 6.68. The Labute approximate surface area is 439 Å². The minimum Gasteiger partial charge on any atom is -1.00 e. The first kappa shape index (κ1) is 51.7. The van der Waals surface area contributed by atoms with E-state index >= 15 is 0 Å². The van der Waals surface area contributed by atoms with Crippen molar-refractivity contribution in [3.05, 3.63) is 186 Å². The summed E-state index contributed by atoms with van der Waals surface area (Å²) in [6, 6.07) is 34.3. The summed E-state index contributed by atoms with van der Waals surface area (Å²) in [5.74, 6) is 0.0302. The average molecular weight is 1280 g/mol. The molecule has 0 saturated carbocycles. The minimum atomic E-state index is -0.402. The Morgan fingerprint density at radius 2 is 0.891 bits per heavy atom. The van der Waals surface area contributed by atoms with E-state index in [-0.39, 0.29) is 85.6 Å². The fourth-order valence-corrected chi connectivity index (χ4v) is 12.4. The van der Waals surface area contributed by atoms with E-state index < -0.39 is 11.9 Å². The highest BCUT2D eigenvalue weighted by Gasteiger charge is 2.33. The molecule has 8 nitrogen and oxygen atoms in total. The number of nitrogens with zero attached hydrogens (tertiary/aromatic N) is 2. The molecule has 0 unspecified atom stereocenters. The fraction of sp³-hybridized carbons (Fsp3) is 0.167. The van der Waals surface area contributed by atoms with Crippen molar-refractivity contribution in [1.82, 2.24) is 0 Å². The van der Waals surface area contributed by atoms with Gasteiger partial charge in [0.05, 0.1) is 46.9 Å². The number of halogens is 4. The Bertz CT molecular complexity index is 2530. The van der Waals surface area contributed by atoms with Crippen molar-refractivity contribution in [2.45, 2.75) is 46.6 Å². The third-order valence-corrected chi connectivity index (χ3v) is 15.7. The van der Waals surface area contributed by atoms with Crippen LogP contribution in [0.3, 0.4) is 0 Å². The molecule has 4 heterocycles. The van der Waals surface area contributed by atoms with Crippen molar-refractivity contribution in [2.75, 3.05) is 13.2 Å². The standard InChI is InChI=1S/C48H40Br2N2O6S4.2HI/c1-3-57-39(53)27-37-41(51-23-9-5-10-24-51)47(61-45(37)43(55)31-15-19-35(49)20-16-31)59-29-33-13-7-8-14-34(33)30-60-48-42(52-25-11-6-12-26-52)38(28-40(54)58-4-2)46(62-48)44(56)32-17-21-36(50)22-18-32;;/h5-26H,3-4,27-30H2,1-2H3;2*1H/q+2;;/p-2. The zero-order valence-electron chi connectivity index (χ0n) is 34.4. The first-order valence-corrected chi connectivity index (χ1v) is 24.8. The van der Waals surface area contributed by atoms with Crippen molar-refractivity contribution in [1.29, 1.82) is 0 Å². The van der Waals surface area contributed by atoms with Gasteiger partial charge in [0.25, 0.3) is 0 Å². The Morgan fingerprint density at radius 3 is 1.23 bits per heavy atom. The summed E-state index contributed by atoms with van der Waals surface area (Å²) >= 11 is 13.0. The highest BCUT2D eigenvalue weighted by molar-refractivity contribution is 9.10. The lowest BCUT2D eigenvalue weighted by Crippen LogP contribution is -3.00. The number of hydrogen-bond donors (Lipinski definition) is 0. The van der Waals surface area contributed by atoms with Gasteiger partial charge in [-0.25, -0.2) is 0 Å². The van der Waals surface area contributed by atoms with Crippen LogP contribution in [0.5, 0.6) is 0 Å². The van der Waals surface area contributed by atoms with E-state index in [0.29, 0.717) is 43.5 Å². The number of rotatable bonds is 18. The molecule has 16 heteroatoms. The predicted molar refractivity (Wildman–Crippen MR) is 253 cm³/mol. The molecule has 0 saturated heterocycles. The van der Waals surface area contributed by atoms with E-state index in [9.17, 15) is 19.2 Å². The summed E-state index contributed by atoms with van der Waals surface area (Å²) in [4.78, 5) is 55.7. The summed E-state index contributed by atoms with van der Waals surface area (Å²) in [6.07, 6.45) is 7.59. The van der Waals surface area contributed by atoms with Gasteiger partial charge >= 0.3 is 11.9 Å². The summed E-state index contributed by atoms with van der Waals surface area (Å²) in [6.45, 7) is 4.01. The molecule has 0 atom stereocenters. The number of hydrogen-bond acceptors (Lipinski definition) is 10. The number of thioether (sulfide) groups is 2. The predicted octanol–water partition coefficient (Wildman–Crippen LogP) is 5.15. The molecule has 330 valence electrons. The molecule has 3 aromatic carbocycles. The zero-order chi connectivity index (χ0) is 43.6. The van der Waals surface area contributed by atoms with E-state index in [4.69, 9.17) is 9.47 Å². The second-order valence-corrected chi connectivity index (χ2v) is 20.0. The molecule has 0 aliphatic rings. The van der Waals surface area contributed by atoms with E-state index in [1.807, 2.05) is 107 Å². The number of carbonyl (C=O) groups excluding carboxylic acids is 4. The SMILES string of the molecule is CCOC(=O)Cc1c(C(=O)c2ccc(Br)cc2)sc(SCc2ccccc2CSc2sc(C(=O)c3ccc(Br)cc3)c(CC(=O)OCC)c2-[n+]2ccccc2)c1-[n+]1ccccc1.[I-].[I-]. The average Bonchev–Trinajstić information content (AvgIpc) is 3.83. The Morgan fingerprint density at radius 1 is 0.531 bits per heavy atom. The van der Waals surface area contributed by atoms with Crippen molar-refractivity contribution >= 4 is 102 Å². The van der Waals surface area contributed by atoms with Gasteiger partial charge in [-0.1, -0.05) is 68.3 Å². The quantitative estimate of drug-likeness (QED) is 0.0384. The molecule has 7 aromatic rings. The molecule has 0 N–H and O–H groups in total. The maximum absolute atomic E-state index is 14.2. The number of aromatic nitrogens is 2. The lowest BCUT2D eigenvalue weighted by Gasteiger charge is -2.09. The van der Waals surface area contributed by atoms with Crippen LogP contribution in [0, 0.1) is 0 Å². The Balaban J connectivity index is 0.00000385. The molecule has 7 rings (SSSR count). The van der Waals surface area contributed by atoms with Crippen LogP contribution in [0.15, 0.2) is 151 Å². The van der Waals surface area contributed by atoms with Crippen LogP contribution >= 0.6 is 78.1 Å². The molecule has 0 spiro atoms. The maximum atomic E-state index is 14.2. The molecule has 0 bridgehead atoms. The minimum absolute atomic E-state index is 0. The van der Waals surface area contributed by atoms with E-state index in [0.717, 1.165) is 39.9 Å². The number of ether oxygens (including phenoxy) is 2. The van der Waals surface area contributed by atoms with Gasteiger partial charge in [-0.15, -0.1) is 46.2 Å². The summed E-state index contributed by atoms with van der Waals surface area (Å²) in [7, 11) is 0. The van der Waals surface area contributed by atoms with Gasteiger partial charge in [0, 0.05) is 55.8 Å². The van der Waals surface area contributed by atoms with Crippen LogP contribution in [0.1, 0.15) is 66.6 Å². The number of thiophene rings is 2. The molecule has 0 radical (unpaired) electrons. The first-order valence-electron chi connectivity index (χ1n) is 19.6. The largest absolute Gasteiger partial charge is 1.00 e. The second kappa shape index (κ2) is 25.0. The molecule has 0 aliphatic heterocycles. The Hall–Kier alpha value is -3.24. The zero-order valence-corrected chi connectivity index (χ0v) is 45.2. The van der Waals surface area contributed by atoms with Crippen LogP contribution in [-0.4, -0.2) is 36.7 Å². The van der Waals surface area contributed by atoms with Gasteiger partial charge in [0.15, 0.2) is 24.8 Å². The van der Waals surface area contributed by atoms with E-state index in [1.165, 1.54) is 22.7 Å². The highest BCUT2D eigenvalue weighted by Crippen LogP contribution is 2.43.